The van der Waals surface area contributed by atoms with Crippen LogP contribution in [0.3, 0.4) is 0 Å². The fraction of sp³-hybridized carbons (Fsp3) is 0. The Morgan fingerprint density at radius 1 is 1.00 bits per heavy atom. The van der Waals surface area contributed by atoms with Gasteiger partial charge >= 0.3 is 27.3 Å². The molecule has 2 radical (unpaired) electrons. The quantitative estimate of drug-likeness (QED) is 0.385. The average molecular weight is 351 g/mol. The smallest absolute Gasteiger partial charge is 0 e. The minimum Gasteiger partial charge on any atom is -0.0149 e. The molecule has 0 amide bonds. The largest absolute Gasteiger partial charge is 0.0149 e. The van der Waals surface area contributed by atoms with Crippen molar-refractivity contribution in [2.24, 2.45) is 0 Å². The van der Waals surface area contributed by atoms with Gasteiger partial charge in [0.15, 0.2) is 17.4 Å². The van der Waals surface area contributed by atoms with Crippen molar-refractivity contribution in [3.05, 3.63) is 0 Å². The standard InChI is InChI=1S/Al.BH3.Pb.H4Si.Zn.5H/h;1H3;;1H4;;;;;;. The molecule has 0 nitrogen and oxygen atoms in total. The Bertz CT molecular complexity index is 11.6. The number of rotatable bonds is 0. The summed E-state index contributed by atoms with van der Waals surface area (Å²) in [5, 5.41) is 0. The van der Waals surface area contributed by atoms with E-state index in [2.05, 4.69) is 0 Å². The van der Waals surface area contributed by atoms with E-state index < -0.39 is 0 Å². The third-order valence-corrected chi connectivity index (χ3v) is 0. The van der Waals surface area contributed by atoms with E-state index in [1.807, 2.05) is 0 Å². The first-order valence-electron chi connectivity index (χ1n) is 0. The first-order valence-corrected chi connectivity index (χ1v) is 0. The van der Waals surface area contributed by atoms with Crippen molar-refractivity contribution in [1.29, 1.82) is 0 Å². The molecule has 5 heteroatoms. The zero-order valence-corrected chi connectivity index (χ0v) is 9.88. The third-order valence-electron chi connectivity index (χ3n) is 0. The Labute approximate surface area is 82.5 Å². The average Bonchev–Trinajstić information content (AvgIpc) is 0. The second-order valence-corrected chi connectivity index (χ2v) is 0. The molecule has 0 N–H and O–H groups in total. The van der Waals surface area contributed by atoms with E-state index in [-0.39, 0.29) is 83.5 Å². The molecule has 0 fully saturated rings. The van der Waals surface area contributed by atoms with Crippen LogP contribution in [-0.4, -0.2) is 64.0 Å². The maximum atomic E-state index is 0. The van der Waals surface area contributed by atoms with Crippen molar-refractivity contribution in [3.63, 3.8) is 0 Å². The van der Waals surface area contributed by atoms with Gasteiger partial charge in [-0.25, -0.2) is 0 Å². The number of hydrogen-bond acceptors (Lipinski definition) is 0. The molecule has 5 heavy (non-hydrogen) atoms. The van der Waals surface area contributed by atoms with Crippen LogP contribution in [0.1, 0.15) is 0 Å². The summed E-state index contributed by atoms with van der Waals surface area (Å²) < 4.78 is 0. The predicted molar refractivity (Wildman–Crippen MR) is 39.8 cm³/mol. The molecule has 0 spiro atoms. The van der Waals surface area contributed by atoms with Crippen LogP contribution in [-0.2, 0) is 19.5 Å². The number of hydrogen-bond donors (Lipinski definition) is 0. The van der Waals surface area contributed by atoms with Crippen molar-refractivity contribution in [2.75, 3.05) is 0 Å². The van der Waals surface area contributed by atoms with Gasteiger partial charge in [0.25, 0.3) is 0 Å². The van der Waals surface area contributed by atoms with Gasteiger partial charge in [0.05, 0.1) is 8.41 Å². The second kappa shape index (κ2) is 32.8. The van der Waals surface area contributed by atoms with Crippen molar-refractivity contribution >= 4 is 64.0 Å². The van der Waals surface area contributed by atoms with Gasteiger partial charge in [-0.1, -0.05) is 0 Å². The fourth-order valence-electron chi connectivity index (χ4n) is 0. The Kier molecular flexibility index (Phi) is 351. The molecule has 0 aromatic heterocycles. The van der Waals surface area contributed by atoms with Crippen molar-refractivity contribution < 1.29 is 19.5 Å². The van der Waals surface area contributed by atoms with Crippen molar-refractivity contribution in [2.45, 2.75) is 0 Å². The molecule has 0 aromatic rings. The summed E-state index contributed by atoms with van der Waals surface area (Å²) in [6.07, 6.45) is 0. The van der Waals surface area contributed by atoms with Gasteiger partial charge in [-0.15, -0.1) is 0 Å². The van der Waals surface area contributed by atoms with Crippen LogP contribution >= 0.6 is 0 Å². The van der Waals surface area contributed by atoms with Gasteiger partial charge in [0, 0.05) is 19.5 Å². The fourth-order valence-corrected chi connectivity index (χ4v) is 0. The zero-order chi connectivity index (χ0) is 0. The molecule has 0 aliphatic carbocycles. The van der Waals surface area contributed by atoms with E-state index >= 15 is 0 Å². The monoisotopic (exact) mass is 350 g/mol. The summed E-state index contributed by atoms with van der Waals surface area (Å²) in [5.41, 5.74) is 0. The summed E-state index contributed by atoms with van der Waals surface area (Å²) in [4.78, 5) is 0. The van der Waals surface area contributed by atoms with Crippen LogP contribution in [0.2, 0.25) is 0 Å². The molecule has 0 aliphatic heterocycles. The van der Waals surface area contributed by atoms with Crippen LogP contribution in [0, 0.1) is 0 Å². The predicted octanol–water partition coefficient (Wildman–Crippen LogP) is -4.74. The van der Waals surface area contributed by atoms with Crippen LogP contribution in [0.15, 0.2) is 0 Å². The Morgan fingerprint density at radius 3 is 1.00 bits per heavy atom. The Hall–Kier alpha value is 2.36. The Morgan fingerprint density at radius 2 is 1.00 bits per heavy atom. The summed E-state index contributed by atoms with van der Waals surface area (Å²) >= 11 is 0. The molecule has 0 heterocycles. The Balaban J connectivity index is 0. The van der Waals surface area contributed by atoms with Gasteiger partial charge in [0.1, 0.15) is 0 Å². The molecule has 0 bridgehead atoms. The van der Waals surface area contributed by atoms with E-state index in [1.54, 1.807) is 0 Å². The van der Waals surface area contributed by atoms with Crippen LogP contribution in [0.5, 0.6) is 0 Å². The van der Waals surface area contributed by atoms with E-state index in [0.29, 0.717) is 0 Å². The van der Waals surface area contributed by atoms with Gasteiger partial charge in [-0.2, -0.15) is 0 Å². The SMILES string of the molecule is B.[AlH3].[PbH2].[SiH4].[Zn]. The van der Waals surface area contributed by atoms with Gasteiger partial charge in [0.2, 0.25) is 0 Å². The maximum Gasteiger partial charge on any atom is 0 e. The molecule has 0 saturated heterocycles. The summed E-state index contributed by atoms with van der Waals surface area (Å²) in [6.45, 7) is 0. The summed E-state index contributed by atoms with van der Waals surface area (Å²) in [6, 6.07) is 0. The molecule has 0 atom stereocenters. The third kappa shape index (κ3) is 21.7. The molecule has 0 unspecified atom stereocenters. The zero-order valence-electron chi connectivity index (χ0n) is 1.41. The van der Waals surface area contributed by atoms with Gasteiger partial charge in [-0.3, -0.25) is 0 Å². The minimum atomic E-state index is 0. The van der Waals surface area contributed by atoms with Crippen molar-refractivity contribution in [3.8, 4) is 0 Å². The van der Waals surface area contributed by atoms with E-state index in [4.69, 9.17) is 0 Å². The first-order chi connectivity index (χ1) is 0. The van der Waals surface area contributed by atoms with Crippen molar-refractivity contribution in [1.82, 2.24) is 0 Å². The van der Waals surface area contributed by atoms with E-state index in [9.17, 15) is 0 Å². The topological polar surface area (TPSA) is 0 Å². The van der Waals surface area contributed by atoms with Crippen LogP contribution in [0.25, 0.3) is 0 Å². The van der Waals surface area contributed by atoms with Gasteiger partial charge in [-0.05, 0) is 11.0 Å². The first kappa shape index (κ1) is 53.5. The molecule has 0 aromatic carbocycles. The van der Waals surface area contributed by atoms with E-state index in [1.165, 1.54) is 0 Å². The molecule has 0 aliphatic rings. The second-order valence-electron chi connectivity index (χ2n) is 0. The normalized spacial score (nSPS) is 0. The van der Waals surface area contributed by atoms with Gasteiger partial charge < -0.3 is 0 Å². The van der Waals surface area contributed by atoms with Crippen LogP contribution < -0.4 is 0 Å². The molecular weight excluding hydrogens is 338 g/mol. The van der Waals surface area contributed by atoms with E-state index in [0.717, 1.165) is 0 Å². The molecule has 28 valence electrons. The summed E-state index contributed by atoms with van der Waals surface area (Å²) in [5.74, 6) is 0. The molecular formula is H12AlBPbSiZn. The maximum absolute atomic E-state index is 0. The van der Waals surface area contributed by atoms with Crippen LogP contribution in [0.4, 0.5) is 0 Å². The minimum absolute atomic E-state index is 0. The molecule has 0 saturated carbocycles. The molecule has 0 rings (SSSR count). The summed E-state index contributed by atoms with van der Waals surface area (Å²) in [7, 11) is 0.